The number of nitrogens with one attached hydrogen (secondary N) is 1. The molecule has 3 rings (SSSR count). The molecule has 2 aromatic carbocycles. The molecule has 126 valence electrons. The molecule has 0 radical (unpaired) electrons. The fraction of sp³-hybridized carbons (Fsp3) is 0.316. The van der Waals surface area contributed by atoms with E-state index >= 15 is 0 Å². The molecular weight excluding hydrogens is 343 g/mol. The SMILES string of the molecule is O=C(Cc1ccc(Cl)c(Cl)c1)Nc1ccccc1N1CCCCC1. The Morgan fingerprint density at radius 2 is 1.75 bits per heavy atom. The molecule has 1 aliphatic heterocycles. The van der Waals surface area contributed by atoms with Crippen LogP contribution in [0.3, 0.4) is 0 Å². The van der Waals surface area contributed by atoms with Crippen molar-refractivity contribution in [1.29, 1.82) is 0 Å². The predicted octanol–water partition coefficient (Wildman–Crippen LogP) is 5.16. The summed E-state index contributed by atoms with van der Waals surface area (Å²) in [5.41, 5.74) is 2.81. The highest BCUT2D eigenvalue weighted by atomic mass is 35.5. The number of rotatable bonds is 4. The van der Waals surface area contributed by atoms with Gasteiger partial charge in [0.15, 0.2) is 0 Å². The zero-order valence-corrected chi connectivity index (χ0v) is 14.9. The molecule has 0 spiro atoms. The second-order valence-electron chi connectivity index (χ2n) is 6.04. The zero-order valence-electron chi connectivity index (χ0n) is 13.4. The smallest absolute Gasteiger partial charge is 0.228 e. The number of carbonyl (C=O) groups excluding carboxylic acids is 1. The fourth-order valence-electron chi connectivity index (χ4n) is 3.02. The van der Waals surface area contributed by atoms with Gasteiger partial charge in [-0.1, -0.05) is 41.4 Å². The topological polar surface area (TPSA) is 32.3 Å². The molecule has 0 atom stereocenters. The first-order valence-electron chi connectivity index (χ1n) is 8.21. The van der Waals surface area contributed by atoms with E-state index < -0.39 is 0 Å². The van der Waals surface area contributed by atoms with Crippen LogP contribution in [0.5, 0.6) is 0 Å². The van der Waals surface area contributed by atoms with Gasteiger partial charge in [0, 0.05) is 13.1 Å². The quantitative estimate of drug-likeness (QED) is 0.813. The first kappa shape index (κ1) is 17.1. The van der Waals surface area contributed by atoms with Gasteiger partial charge in [0.05, 0.1) is 27.8 Å². The highest BCUT2D eigenvalue weighted by molar-refractivity contribution is 6.42. The fourth-order valence-corrected chi connectivity index (χ4v) is 3.34. The van der Waals surface area contributed by atoms with Crippen LogP contribution in [0.4, 0.5) is 11.4 Å². The maximum Gasteiger partial charge on any atom is 0.228 e. The van der Waals surface area contributed by atoms with Gasteiger partial charge < -0.3 is 10.2 Å². The average Bonchev–Trinajstić information content (AvgIpc) is 2.59. The van der Waals surface area contributed by atoms with E-state index in [9.17, 15) is 4.79 Å². The van der Waals surface area contributed by atoms with Gasteiger partial charge >= 0.3 is 0 Å². The van der Waals surface area contributed by atoms with Gasteiger partial charge in [0.25, 0.3) is 0 Å². The number of nitrogens with zero attached hydrogens (tertiary/aromatic N) is 1. The summed E-state index contributed by atoms with van der Waals surface area (Å²) in [6.45, 7) is 2.08. The van der Waals surface area contributed by atoms with Crippen molar-refractivity contribution in [3.05, 3.63) is 58.1 Å². The minimum Gasteiger partial charge on any atom is -0.370 e. The summed E-state index contributed by atoms with van der Waals surface area (Å²) in [5, 5.41) is 4.00. The predicted molar refractivity (Wildman–Crippen MR) is 101 cm³/mol. The van der Waals surface area contributed by atoms with Crippen LogP contribution in [0.2, 0.25) is 10.0 Å². The number of carbonyl (C=O) groups is 1. The highest BCUT2D eigenvalue weighted by Crippen LogP contribution is 2.28. The first-order valence-corrected chi connectivity index (χ1v) is 8.97. The van der Waals surface area contributed by atoms with Gasteiger partial charge in [-0.05, 0) is 49.1 Å². The van der Waals surface area contributed by atoms with Crippen LogP contribution in [-0.2, 0) is 11.2 Å². The maximum absolute atomic E-state index is 12.4. The van der Waals surface area contributed by atoms with Crippen molar-refractivity contribution in [3.8, 4) is 0 Å². The molecule has 0 aromatic heterocycles. The Morgan fingerprint density at radius 1 is 1.00 bits per heavy atom. The molecular formula is C19H20Cl2N2O. The molecule has 1 amide bonds. The van der Waals surface area contributed by atoms with Gasteiger partial charge in [-0.15, -0.1) is 0 Å². The van der Waals surface area contributed by atoms with Crippen molar-refractivity contribution >= 4 is 40.5 Å². The van der Waals surface area contributed by atoms with Crippen molar-refractivity contribution in [2.24, 2.45) is 0 Å². The van der Waals surface area contributed by atoms with E-state index in [1.54, 1.807) is 12.1 Å². The van der Waals surface area contributed by atoms with E-state index in [4.69, 9.17) is 23.2 Å². The summed E-state index contributed by atoms with van der Waals surface area (Å²) >= 11 is 11.9. The Morgan fingerprint density at radius 3 is 2.50 bits per heavy atom. The van der Waals surface area contributed by atoms with Gasteiger partial charge in [-0.2, -0.15) is 0 Å². The number of hydrogen-bond donors (Lipinski definition) is 1. The van der Waals surface area contributed by atoms with Crippen LogP contribution in [0.15, 0.2) is 42.5 Å². The second kappa shape index (κ2) is 7.91. The minimum absolute atomic E-state index is 0.0575. The molecule has 24 heavy (non-hydrogen) atoms. The number of halogens is 2. The van der Waals surface area contributed by atoms with Gasteiger partial charge in [0.2, 0.25) is 5.91 Å². The average molecular weight is 363 g/mol. The largest absolute Gasteiger partial charge is 0.370 e. The third kappa shape index (κ3) is 4.22. The number of amides is 1. The van der Waals surface area contributed by atoms with Crippen LogP contribution in [0, 0.1) is 0 Å². The Labute approximate surface area is 152 Å². The number of benzene rings is 2. The molecule has 1 fully saturated rings. The monoisotopic (exact) mass is 362 g/mol. The molecule has 1 heterocycles. The molecule has 3 nitrogen and oxygen atoms in total. The molecule has 0 saturated carbocycles. The third-order valence-electron chi connectivity index (χ3n) is 4.22. The van der Waals surface area contributed by atoms with Crippen LogP contribution in [0.25, 0.3) is 0 Å². The standard InChI is InChI=1S/C19H20Cl2N2O/c20-15-9-8-14(12-16(15)21)13-19(24)22-17-6-2-3-7-18(17)23-10-4-1-5-11-23/h2-3,6-9,12H,1,4-5,10-11,13H2,(H,22,24). The number of hydrogen-bond acceptors (Lipinski definition) is 2. The van der Waals surface area contributed by atoms with Crippen LogP contribution in [-0.4, -0.2) is 19.0 Å². The minimum atomic E-state index is -0.0575. The van der Waals surface area contributed by atoms with Gasteiger partial charge in [-0.25, -0.2) is 0 Å². The third-order valence-corrected chi connectivity index (χ3v) is 4.96. The van der Waals surface area contributed by atoms with Crippen LogP contribution < -0.4 is 10.2 Å². The zero-order chi connectivity index (χ0) is 16.9. The normalized spacial score (nSPS) is 14.5. The van der Waals surface area contributed by atoms with Crippen molar-refractivity contribution in [3.63, 3.8) is 0 Å². The van der Waals surface area contributed by atoms with E-state index in [1.165, 1.54) is 19.3 Å². The highest BCUT2D eigenvalue weighted by Gasteiger charge is 2.15. The van der Waals surface area contributed by atoms with Crippen molar-refractivity contribution < 1.29 is 4.79 Å². The van der Waals surface area contributed by atoms with E-state index in [-0.39, 0.29) is 12.3 Å². The molecule has 1 N–H and O–H groups in total. The van der Waals surface area contributed by atoms with E-state index in [0.717, 1.165) is 30.0 Å². The van der Waals surface area contributed by atoms with Gasteiger partial charge in [-0.3, -0.25) is 4.79 Å². The van der Waals surface area contributed by atoms with Crippen molar-refractivity contribution in [1.82, 2.24) is 0 Å². The molecule has 1 saturated heterocycles. The van der Waals surface area contributed by atoms with Gasteiger partial charge in [0.1, 0.15) is 0 Å². The number of piperidine rings is 1. The first-order chi connectivity index (χ1) is 11.6. The Bertz CT molecular complexity index is 727. The lowest BCUT2D eigenvalue weighted by Gasteiger charge is -2.30. The van der Waals surface area contributed by atoms with E-state index in [2.05, 4.69) is 16.3 Å². The Hall–Kier alpha value is -1.71. The lowest BCUT2D eigenvalue weighted by Crippen LogP contribution is -2.30. The summed E-state index contributed by atoms with van der Waals surface area (Å²) in [6, 6.07) is 13.3. The summed E-state index contributed by atoms with van der Waals surface area (Å²) in [5.74, 6) is -0.0575. The summed E-state index contributed by atoms with van der Waals surface area (Å²) in [4.78, 5) is 14.8. The summed E-state index contributed by atoms with van der Waals surface area (Å²) in [7, 11) is 0. The molecule has 0 bridgehead atoms. The molecule has 0 unspecified atom stereocenters. The summed E-state index contributed by atoms with van der Waals surface area (Å²) in [6.07, 6.45) is 3.95. The number of para-hydroxylation sites is 2. The Kier molecular flexibility index (Phi) is 5.64. The van der Waals surface area contributed by atoms with Crippen LogP contribution >= 0.6 is 23.2 Å². The van der Waals surface area contributed by atoms with Crippen LogP contribution in [0.1, 0.15) is 24.8 Å². The Balaban J connectivity index is 1.71. The lowest BCUT2D eigenvalue weighted by atomic mass is 10.1. The molecule has 2 aromatic rings. The summed E-state index contributed by atoms with van der Waals surface area (Å²) < 4.78 is 0. The lowest BCUT2D eigenvalue weighted by molar-refractivity contribution is -0.115. The molecule has 0 aliphatic carbocycles. The van der Waals surface area contributed by atoms with Crippen molar-refractivity contribution in [2.45, 2.75) is 25.7 Å². The molecule has 1 aliphatic rings. The van der Waals surface area contributed by atoms with E-state index in [0.29, 0.717) is 10.0 Å². The number of anilines is 2. The maximum atomic E-state index is 12.4. The second-order valence-corrected chi connectivity index (χ2v) is 6.85. The van der Waals surface area contributed by atoms with E-state index in [1.807, 2.05) is 24.3 Å². The van der Waals surface area contributed by atoms with Crippen molar-refractivity contribution in [2.75, 3.05) is 23.3 Å². The molecule has 5 heteroatoms.